The zero-order valence-corrected chi connectivity index (χ0v) is 15.7. The summed E-state index contributed by atoms with van der Waals surface area (Å²) >= 11 is 3.53. The van der Waals surface area contributed by atoms with E-state index < -0.39 is 0 Å². The quantitative estimate of drug-likeness (QED) is 0.802. The fraction of sp³-hybridized carbons (Fsp3) is 0.600. The Morgan fingerprint density at radius 3 is 2.43 bits per heavy atom. The first kappa shape index (κ1) is 21.1. The van der Waals surface area contributed by atoms with Crippen LogP contribution < -0.4 is 5.32 Å². The molecule has 1 aromatic rings. The summed E-state index contributed by atoms with van der Waals surface area (Å²) < 4.78 is 14.2. The average molecular weight is 402 g/mol. The van der Waals surface area contributed by atoms with Crippen LogP contribution in [0.15, 0.2) is 22.7 Å². The Balaban J connectivity index is 0.00000200. The number of rotatable bonds is 4. The second-order valence-electron chi connectivity index (χ2n) is 5.28. The van der Waals surface area contributed by atoms with E-state index in [2.05, 4.69) is 40.0 Å². The minimum absolute atomic E-state index is 0. The van der Waals surface area contributed by atoms with E-state index in [-0.39, 0.29) is 30.6 Å². The Labute approximate surface area is 147 Å². The van der Waals surface area contributed by atoms with E-state index in [1.165, 1.54) is 5.56 Å². The van der Waals surface area contributed by atoms with E-state index >= 15 is 0 Å². The second-order valence-corrected chi connectivity index (χ2v) is 6.14. The standard InChI is InChI=1S/C15H22BrFN2.2ClH/c1-3-11(2)15(19-8-6-18-7-9-19)13-5-4-12(17)10-14(13)16;;/h4-5,10-11,15,18H,3,6-9H2,1-2H3;2*1H/t11?,15-;;/m0../s1. The van der Waals surface area contributed by atoms with Crippen LogP contribution in [0.2, 0.25) is 0 Å². The molecule has 0 amide bonds. The molecule has 1 aliphatic heterocycles. The van der Waals surface area contributed by atoms with Gasteiger partial charge in [-0.2, -0.15) is 0 Å². The molecule has 1 saturated heterocycles. The summed E-state index contributed by atoms with van der Waals surface area (Å²) in [6.45, 7) is 8.68. The predicted molar refractivity (Wildman–Crippen MR) is 95.2 cm³/mol. The van der Waals surface area contributed by atoms with Gasteiger partial charge in [-0.1, -0.05) is 42.3 Å². The van der Waals surface area contributed by atoms with Crippen molar-refractivity contribution in [2.24, 2.45) is 5.92 Å². The van der Waals surface area contributed by atoms with E-state index in [1.54, 1.807) is 12.1 Å². The van der Waals surface area contributed by atoms with Crippen molar-refractivity contribution < 1.29 is 4.39 Å². The average Bonchev–Trinajstić information content (AvgIpc) is 2.42. The third-order valence-corrected chi connectivity index (χ3v) is 4.70. The first-order chi connectivity index (χ1) is 9.13. The summed E-state index contributed by atoms with van der Waals surface area (Å²) in [5.41, 5.74) is 1.21. The van der Waals surface area contributed by atoms with Gasteiger partial charge in [-0.15, -0.1) is 24.8 Å². The van der Waals surface area contributed by atoms with Gasteiger partial charge in [0.25, 0.3) is 0 Å². The third-order valence-electron chi connectivity index (χ3n) is 4.01. The molecule has 1 heterocycles. The molecule has 122 valence electrons. The minimum atomic E-state index is -0.182. The van der Waals surface area contributed by atoms with Crippen LogP contribution in [0.25, 0.3) is 0 Å². The topological polar surface area (TPSA) is 15.3 Å². The molecule has 2 nitrogen and oxygen atoms in total. The largest absolute Gasteiger partial charge is 0.314 e. The molecule has 21 heavy (non-hydrogen) atoms. The predicted octanol–water partition coefficient (Wildman–Crippen LogP) is 4.42. The monoisotopic (exact) mass is 400 g/mol. The van der Waals surface area contributed by atoms with E-state index in [4.69, 9.17) is 0 Å². The summed E-state index contributed by atoms with van der Waals surface area (Å²) in [4.78, 5) is 2.52. The van der Waals surface area contributed by atoms with Crippen molar-refractivity contribution in [2.75, 3.05) is 26.2 Å². The summed E-state index contributed by atoms with van der Waals surface area (Å²) in [6, 6.07) is 5.44. The molecule has 0 aromatic heterocycles. The van der Waals surface area contributed by atoms with Crippen LogP contribution in [-0.2, 0) is 0 Å². The van der Waals surface area contributed by atoms with Gasteiger partial charge in [0.15, 0.2) is 0 Å². The van der Waals surface area contributed by atoms with Crippen molar-refractivity contribution in [1.29, 1.82) is 0 Å². The summed E-state index contributed by atoms with van der Waals surface area (Å²) in [6.07, 6.45) is 1.12. The summed E-state index contributed by atoms with van der Waals surface area (Å²) in [7, 11) is 0. The lowest BCUT2D eigenvalue weighted by Crippen LogP contribution is -2.46. The van der Waals surface area contributed by atoms with Gasteiger partial charge < -0.3 is 5.32 Å². The van der Waals surface area contributed by atoms with Crippen LogP contribution in [0.5, 0.6) is 0 Å². The van der Waals surface area contributed by atoms with Crippen LogP contribution in [0.4, 0.5) is 4.39 Å². The van der Waals surface area contributed by atoms with Gasteiger partial charge in [0.2, 0.25) is 0 Å². The van der Waals surface area contributed by atoms with Gasteiger partial charge in [0, 0.05) is 36.7 Å². The highest BCUT2D eigenvalue weighted by Gasteiger charge is 2.27. The number of nitrogens with zero attached hydrogens (tertiary/aromatic N) is 1. The van der Waals surface area contributed by atoms with E-state index in [9.17, 15) is 4.39 Å². The highest BCUT2D eigenvalue weighted by Crippen LogP contribution is 2.35. The van der Waals surface area contributed by atoms with Crippen molar-refractivity contribution >= 4 is 40.7 Å². The molecule has 0 saturated carbocycles. The van der Waals surface area contributed by atoms with Crippen molar-refractivity contribution in [3.05, 3.63) is 34.1 Å². The van der Waals surface area contributed by atoms with Crippen molar-refractivity contribution in [3.8, 4) is 0 Å². The number of benzene rings is 1. The molecule has 6 heteroatoms. The number of hydrogen-bond acceptors (Lipinski definition) is 2. The van der Waals surface area contributed by atoms with E-state index in [0.717, 1.165) is 37.1 Å². The highest BCUT2D eigenvalue weighted by molar-refractivity contribution is 9.10. The molecule has 2 rings (SSSR count). The van der Waals surface area contributed by atoms with E-state index in [1.807, 2.05) is 6.07 Å². The third kappa shape index (κ3) is 5.36. The molecule has 1 N–H and O–H groups in total. The second kappa shape index (κ2) is 10.0. The smallest absolute Gasteiger partial charge is 0.124 e. The van der Waals surface area contributed by atoms with Crippen LogP contribution in [0, 0.1) is 11.7 Å². The Kier molecular flexibility index (Phi) is 10.1. The number of nitrogens with one attached hydrogen (secondary N) is 1. The molecule has 0 aliphatic carbocycles. The Morgan fingerprint density at radius 2 is 1.90 bits per heavy atom. The van der Waals surface area contributed by atoms with Gasteiger partial charge >= 0.3 is 0 Å². The molecular formula is C15H24BrCl2FN2. The molecule has 1 fully saturated rings. The maximum atomic E-state index is 13.3. The first-order valence-corrected chi connectivity index (χ1v) is 7.82. The molecule has 1 unspecified atom stereocenters. The zero-order valence-electron chi connectivity index (χ0n) is 12.4. The van der Waals surface area contributed by atoms with Crippen molar-refractivity contribution in [1.82, 2.24) is 10.2 Å². The highest BCUT2D eigenvalue weighted by atomic mass is 79.9. The molecule has 0 bridgehead atoms. The SMILES string of the molecule is CCC(C)[C@@H](c1ccc(F)cc1Br)N1CCNCC1.Cl.Cl. The number of piperazine rings is 1. The number of halogens is 4. The van der Waals surface area contributed by atoms with Crippen molar-refractivity contribution in [2.45, 2.75) is 26.3 Å². The normalized spacial score (nSPS) is 18.3. The van der Waals surface area contributed by atoms with Crippen molar-refractivity contribution in [3.63, 3.8) is 0 Å². The van der Waals surface area contributed by atoms with Crippen LogP contribution in [0.3, 0.4) is 0 Å². The molecule has 1 aromatic carbocycles. The van der Waals surface area contributed by atoms with Crippen LogP contribution in [0.1, 0.15) is 31.9 Å². The van der Waals surface area contributed by atoms with Crippen LogP contribution in [-0.4, -0.2) is 31.1 Å². The number of hydrogen-bond donors (Lipinski definition) is 1. The molecule has 1 aliphatic rings. The maximum Gasteiger partial charge on any atom is 0.124 e. The maximum absolute atomic E-state index is 13.3. The lowest BCUT2D eigenvalue weighted by atomic mass is 9.90. The van der Waals surface area contributed by atoms with Gasteiger partial charge in [-0.3, -0.25) is 4.90 Å². The Morgan fingerprint density at radius 1 is 1.29 bits per heavy atom. The Hall–Kier alpha value is 0.130. The minimum Gasteiger partial charge on any atom is -0.314 e. The van der Waals surface area contributed by atoms with Gasteiger partial charge in [-0.25, -0.2) is 4.39 Å². The Bertz CT molecular complexity index is 428. The summed E-state index contributed by atoms with van der Waals surface area (Å²) in [5, 5.41) is 3.39. The van der Waals surface area contributed by atoms with Gasteiger partial charge in [0.05, 0.1) is 0 Å². The summed E-state index contributed by atoms with van der Waals surface area (Å²) in [5.74, 6) is 0.374. The molecular weight excluding hydrogens is 378 g/mol. The zero-order chi connectivity index (χ0) is 13.8. The molecule has 0 radical (unpaired) electrons. The lowest BCUT2D eigenvalue weighted by molar-refractivity contribution is 0.128. The van der Waals surface area contributed by atoms with Crippen LogP contribution >= 0.6 is 40.7 Å². The lowest BCUT2D eigenvalue weighted by Gasteiger charge is -2.39. The fourth-order valence-electron chi connectivity index (χ4n) is 2.79. The van der Waals surface area contributed by atoms with Gasteiger partial charge in [0.1, 0.15) is 5.82 Å². The fourth-order valence-corrected chi connectivity index (χ4v) is 3.37. The molecule has 0 spiro atoms. The van der Waals surface area contributed by atoms with E-state index in [0.29, 0.717) is 12.0 Å². The molecule has 2 atom stereocenters. The first-order valence-electron chi connectivity index (χ1n) is 7.03. The van der Waals surface area contributed by atoms with Gasteiger partial charge in [-0.05, 0) is 23.6 Å².